The van der Waals surface area contributed by atoms with E-state index in [1.54, 1.807) is 31.4 Å². The lowest BCUT2D eigenvalue weighted by Crippen LogP contribution is -2.17. The summed E-state index contributed by atoms with van der Waals surface area (Å²) in [5.41, 5.74) is 2.18. The Bertz CT molecular complexity index is 1270. The Morgan fingerprint density at radius 2 is 2.09 bits per heavy atom. The Balaban J connectivity index is 1.54. The average molecular weight is 533 g/mol. The molecule has 4 rings (SSSR count). The number of thioether (sulfide) groups is 1. The third kappa shape index (κ3) is 5.39. The zero-order valence-corrected chi connectivity index (χ0v) is 21.8. The van der Waals surface area contributed by atoms with Crippen molar-refractivity contribution in [3.05, 3.63) is 51.9 Å². The fourth-order valence-corrected chi connectivity index (χ4v) is 6.22. The standard InChI is InChI=1S/C24H25ClN4O4S2/c1-4-11-29-21(16-12-14(25)9-10-17(16)32-2)27-28-24(29)34-13-19(30)26-22-20(23(31)33-3)15-7-5-6-8-18(15)35-22/h4,9-10,12H,1,5-8,11,13H2,2-3H3,(H,26,30). The second kappa shape index (κ2) is 11.3. The van der Waals surface area contributed by atoms with Crippen LogP contribution in [0.15, 0.2) is 36.0 Å². The summed E-state index contributed by atoms with van der Waals surface area (Å²) in [4.78, 5) is 26.4. The highest BCUT2D eigenvalue weighted by atomic mass is 35.5. The van der Waals surface area contributed by atoms with Crippen molar-refractivity contribution in [1.82, 2.24) is 14.8 Å². The highest BCUT2D eigenvalue weighted by Gasteiger charge is 2.27. The van der Waals surface area contributed by atoms with Crippen molar-refractivity contribution >= 4 is 51.6 Å². The van der Waals surface area contributed by atoms with E-state index in [9.17, 15) is 9.59 Å². The molecule has 1 aliphatic rings. The van der Waals surface area contributed by atoms with Gasteiger partial charge in [0.05, 0.1) is 31.1 Å². The molecular formula is C24H25ClN4O4S2. The van der Waals surface area contributed by atoms with E-state index in [0.29, 0.717) is 44.4 Å². The molecule has 1 amide bonds. The Morgan fingerprint density at radius 3 is 2.83 bits per heavy atom. The molecule has 0 bridgehead atoms. The number of hydrogen-bond acceptors (Lipinski definition) is 8. The van der Waals surface area contributed by atoms with Gasteiger partial charge < -0.3 is 14.8 Å². The third-order valence-corrected chi connectivity index (χ3v) is 7.99. The summed E-state index contributed by atoms with van der Waals surface area (Å²) in [5.74, 6) is 0.599. The molecule has 0 saturated heterocycles. The van der Waals surface area contributed by atoms with Gasteiger partial charge in [0, 0.05) is 16.4 Å². The SMILES string of the molecule is C=CCn1c(SCC(=O)Nc2sc3c(c2C(=O)OC)CCCC3)nnc1-c1cc(Cl)ccc1OC. The molecule has 1 aromatic carbocycles. The molecule has 35 heavy (non-hydrogen) atoms. The van der Waals surface area contributed by atoms with Gasteiger partial charge in [-0.05, 0) is 49.4 Å². The fraction of sp³-hybridized carbons (Fsp3) is 0.333. The zero-order chi connectivity index (χ0) is 24.9. The van der Waals surface area contributed by atoms with Gasteiger partial charge in [-0.3, -0.25) is 9.36 Å². The Kier molecular flexibility index (Phi) is 8.15. The van der Waals surface area contributed by atoms with E-state index in [-0.39, 0.29) is 11.7 Å². The normalized spacial score (nSPS) is 12.7. The van der Waals surface area contributed by atoms with Gasteiger partial charge in [-0.1, -0.05) is 29.4 Å². The molecule has 2 heterocycles. The first-order valence-electron chi connectivity index (χ1n) is 11.0. The summed E-state index contributed by atoms with van der Waals surface area (Å²) in [6.07, 6.45) is 5.56. The summed E-state index contributed by atoms with van der Waals surface area (Å²) in [7, 11) is 2.93. The zero-order valence-electron chi connectivity index (χ0n) is 19.4. The number of halogens is 1. The van der Waals surface area contributed by atoms with Crippen LogP contribution in [0.4, 0.5) is 5.00 Å². The van der Waals surface area contributed by atoms with E-state index < -0.39 is 5.97 Å². The number of aryl methyl sites for hydroxylation is 1. The number of methoxy groups -OCH3 is 2. The maximum absolute atomic E-state index is 12.9. The molecule has 0 unspecified atom stereocenters. The number of amides is 1. The molecule has 11 heteroatoms. The van der Waals surface area contributed by atoms with Crippen LogP contribution in [-0.4, -0.2) is 46.6 Å². The molecule has 0 aliphatic heterocycles. The Morgan fingerprint density at radius 1 is 1.29 bits per heavy atom. The largest absolute Gasteiger partial charge is 0.496 e. The third-order valence-electron chi connectivity index (χ3n) is 5.58. The lowest BCUT2D eigenvalue weighted by Gasteiger charge is -2.12. The van der Waals surface area contributed by atoms with Gasteiger partial charge in [-0.2, -0.15) is 0 Å². The van der Waals surface area contributed by atoms with Crippen LogP contribution in [0, 0.1) is 0 Å². The summed E-state index contributed by atoms with van der Waals surface area (Å²) < 4.78 is 12.3. The topological polar surface area (TPSA) is 95.3 Å². The molecule has 0 fully saturated rings. The fourth-order valence-electron chi connectivity index (χ4n) is 4.01. The quantitative estimate of drug-likeness (QED) is 0.228. The molecule has 0 atom stereocenters. The first-order chi connectivity index (χ1) is 17.0. The predicted octanol–water partition coefficient (Wildman–Crippen LogP) is 5.25. The molecule has 0 saturated carbocycles. The molecule has 3 aromatic rings. The summed E-state index contributed by atoms with van der Waals surface area (Å²) in [6.45, 7) is 4.26. The number of carbonyl (C=O) groups is 2. The van der Waals surface area contributed by atoms with Crippen LogP contribution in [0.1, 0.15) is 33.6 Å². The number of anilines is 1. The number of ether oxygens (including phenoxy) is 2. The smallest absolute Gasteiger partial charge is 0.341 e. The Labute approximate surface area is 216 Å². The maximum Gasteiger partial charge on any atom is 0.341 e. The lowest BCUT2D eigenvalue weighted by atomic mass is 9.95. The van der Waals surface area contributed by atoms with Crippen LogP contribution in [0.3, 0.4) is 0 Å². The van der Waals surface area contributed by atoms with Crippen molar-refractivity contribution in [2.24, 2.45) is 0 Å². The summed E-state index contributed by atoms with van der Waals surface area (Å²) >= 11 is 8.90. The van der Waals surface area contributed by atoms with Gasteiger partial charge in [-0.15, -0.1) is 28.1 Å². The highest BCUT2D eigenvalue weighted by Crippen LogP contribution is 2.39. The second-order valence-electron chi connectivity index (χ2n) is 7.79. The van der Waals surface area contributed by atoms with Crippen molar-refractivity contribution in [3.8, 4) is 17.1 Å². The number of aromatic nitrogens is 3. The van der Waals surface area contributed by atoms with Crippen LogP contribution in [0.25, 0.3) is 11.4 Å². The number of thiophene rings is 1. The summed E-state index contributed by atoms with van der Waals surface area (Å²) in [6, 6.07) is 5.27. The number of allylic oxidation sites excluding steroid dienone is 1. The van der Waals surface area contributed by atoms with E-state index >= 15 is 0 Å². The van der Waals surface area contributed by atoms with E-state index in [0.717, 1.165) is 36.1 Å². The molecule has 184 valence electrons. The van der Waals surface area contributed by atoms with Crippen molar-refractivity contribution < 1.29 is 19.1 Å². The van der Waals surface area contributed by atoms with Crippen LogP contribution >= 0.6 is 34.7 Å². The van der Waals surface area contributed by atoms with Gasteiger partial charge in [-0.25, -0.2) is 4.79 Å². The number of nitrogens with zero attached hydrogens (tertiary/aromatic N) is 3. The molecule has 8 nitrogen and oxygen atoms in total. The first kappa shape index (κ1) is 25.3. The van der Waals surface area contributed by atoms with Crippen molar-refractivity contribution in [1.29, 1.82) is 0 Å². The number of esters is 1. The van der Waals surface area contributed by atoms with Crippen molar-refractivity contribution in [2.45, 2.75) is 37.4 Å². The molecule has 0 radical (unpaired) electrons. The predicted molar refractivity (Wildman–Crippen MR) is 139 cm³/mol. The second-order valence-corrected chi connectivity index (χ2v) is 10.3. The number of fused-ring (bicyclic) bond motifs is 1. The first-order valence-corrected chi connectivity index (χ1v) is 13.2. The van der Waals surface area contributed by atoms with E-state index in [4.69, 9.17) is 21.1 Å². The lowest BCUT2D eigenvalue weighted by molar-refractivity contribution is -0.113. The van der Waals surface area contributed by atoms with Gasteiger partial charge in [0.2, 0.25) is 5.91 Å². The van der Waals surface area contributed by atoms with Gasteiger partial charge in [0.1, 0.15) is 10.8 Å². The van der Waals surface area contributed by atoms with Crippen LogP contribution in [-0.2, 0) is 28.9 Å². The van der Waals surface area contributed by atoms with Crippen molar-refractivity contribution in [2.75, 3.05) is 25.3 Å². The highest BCUT2D eigenvalue weighted by molar-refractivity contribution is 7.99. The molecule has 1 N–H and O–H groups in total. The number of nitrogens with one attached hydrogen (secondary N) is 1. The monoisotopic (exact) mass is 532 g/mol. The van der Waals surface area contributed by atoms with E-state index in [2.05, 4.69) is 22.1 Å². The maximum atomic E-state index is 12.9. The minimum atomic E-state index is -0.418. The Hall–Kier alpha value is -2.82. The van der Waals surface area contributed by atoms with E-state index in [1.165, 1.54) is 30.2 Å². The van der Waals surface area contributed by atoms with Crippen LogP contribution < -0.4 is 10.1 Å². The molecule has 2 aromatic heterocycles. The van der Waals surface area contributed by atoms with Gasteiger partial charge >= 0.3 is 5.97 Å². The van der Waals surface area contributed by atoms with Gasteiger partial charge in [0.15, 0.2) is 11.0 Å². The number of hydrogen-bond donors (Lipinski definition) is 1. The van der Waals surface area contributed by atoms with E-state index in [1.807, 2.05) is 4.57 Å². The van der Waals surface area contributed by atoms with Crippen molar-refractivity contribution in [3.63, 3.8) is 0 Å². The number of rotatable bonds is 9. The summed E-state index contributed by atoms with van der Waals surface area (Å²) in [5, 5.41) is 13.2. The number of carbonyl (C=O) groups excluding carboxylic acids is 2. The van der Waals surface area contributed by atoms with Crippen LogP contribution in [0.5, 0.6) is 5.75 Å². The number of benzene rings is 1. The molecule has 1 aliphatic carbocycles. The average Bonchev–Trinajstić information content (AvgIpc) is 3.43. The van der Waals surface area contributed by atoms with Gasteiger partial charge in [0.25, 0.3) is 0 Å². The molecule has 0 spiro atoms. The minimum Gasteiger partial charge on any atom is -0.496 e. The van der Waals surface area contributed by atoms with Crippen LogP contribution in [0.2, 0.25) is 5.02 Å². The molecular weight excluding hydrogens is 508 g/mol. The minimum absolute atomic E-state index is 0.0884.